The lowest BCUT2D eigenvalue weighted by atomic mass is 9.84. The predicted octanol–water partition coefficient (Wildman–Crippen LogP) is 5.70. The van der Waals surface area contributed by atoms with E-state index in [9.17, 15) is 0 Å². The first-order valence-electron chi connectivity index (χ1n) is 9.01. The third-order valence-corrected chi connectivity index (χ3v) is 5.04. The predicted molar refractivity (Wildman–Crippen MR) is 92.8 cm³/mol. The van der Waals surface area contributed by atoms with Crippen LogP contribution in [0.5, 0.6) is 0 Å². The monoisotopic (exact) mass is 287 g/mol. The summed E-state index contributed by atoms with van der Waals surface area (Å²) in [5, 5.41) is 3.79. The molecule has 0 spiro atoms. The summed E-state index contributed by atoms with van der Waals surface area (Å²) in [6.07, 6.45) is 11.2. The lowest BCUT2D eigenvalue weighted by Gasteiger charge is -2.26. The van der Waals surface area contributed by atoms with Gasteiger partial charge in [0.2, 0.25) is 0 Å². The van der Waals surface area contributed by atoms with Gasteiger partial charge in [-0.3, -0.25) is 0 Å². The van der Waals surface area contributed by atoms with Crippen molar-refractivity contribution >= 4 is 0 Å². The number of hydrogen-bond donors (Lipinski definition) is 1. The summed E-state index contributed by atoms with van der Waals surface area (Å²) in [7, 11) is 0. The molecular formula is C20H33N. The van der Waals surface area contributed by atoms with Gasteiger partial charge in [-0.05, 0) is 56.7 Å². The van der Waals surface area contributed by atoms with Crippen LogP contribution in [0.2, 0.25) is 0 Å². The summed E-state index contributed by atoms with van der Waals surface area (Å²) < 4.78 is 0. The van der Waals surface area contributed by atoms with Gasteiger partial charge in [0.05, 0.1) is 0 Å². The average molecular weight is 287 g/mol. The molecule has 21 heavy (non-hydrogen) atoms. The van der Waals surface area contributed by atoms with Crippen LogP contribution in [0.3, 0.4) is 0 Å². The molecule has 1 atom stereocenters. The molecule has 0 amide bonds. The molecule has 1 N–H and O–H groups in total. The lowest BCUT2D eigenvalue weighted by molar-refractivity contribution is 0.314. The van der Waals surface area contributed by atoms with Gasteiger partial charge in [0.15, 0.2) is 0 Å². The molecule has 1 nitrogen and oxygen atoms in total. The normalized spacial score (nSPS) is 17.9. The quantitative estimate of drug-likeness (QED) is 0.678. The highest BCUT2D eigenvalue weighted by atomic mass is 14.9. The maximum absolute atomic E-state index is 3.79. The van der Waals surface area contributed by atoms with Gasteiger partial charge >= 0.3 is 0 Å². The molecule has 1 unspecified atom stereocenters. The molecule has 1 aromatic rings. The van der Waals surface area contributed by atoms with Crippen LogP contribution in [-0.4, -0.2) is 6.54 Å². The minimum Gasteiger partial charge on any atom is -0.310 e. The standard InChI is InChI=1S/C20H33N/c1-4-14-21-20(13-12-18-8-6-5-7-9-18)19-15-16(2)10-11-17(19)3/h10-11,15,18,20-21H,4-9,12-14H2,1-3H3. The van der Waals surface area contributed by atoms with Crippen LogP contribution in [0.25, 0.3) is 0 Å². The third kappa shape index (κ3) is 5.14. The third-order valence-electron chi connectivity index (χ3n) is 5.04. The van der Waals surface area contributed by atoms with Gasteiger partial charge in [0.25, 0.3) is 0 Å². The Balaban J connectivity index is 2.00. The fourth-order valence-electron chi connectivity index (χ4n) is 3.70. The highest BCUT2D eigenvalue weighted by Crippen LogP contribution is 2.31. The summed E-state index contributed by atoms with van der Waals surface area (Å²) in [5.41, 5.74) is 4.36. The molecular weight excluding hydrogens is 254 g/mol. The van der Waals surface area contributed by atoms with Crippen LogP contribution >= 0.6 is 0 Å². The van der Waals surface area contributed by atoms with Crippen molar-refractivity contribution in [3.8, 4) is 0 Å². The summed E-state index contributed by atoms with van der Waals surface area (Å²) >= 11 is 0. The number of aryl methyl sites for hydroxylation is 2. The van der Waals surface area contributed by atoms with Crippen LogP contribution in [0.4, 0.5) is 0 Å². The first-order chi connectivity index (χ1) is 10.2. The van der Waals surface area contributed by atoms with Gasteiger partial charge in [0.1, 0.15) is 0 Å². The Labute approximate surface area is 131 Å². The molecule has 0 radical (unpaired) electrons. The number of hydrogen-bond acceptors (Lipinski definition) is 1. The second kappa shape index (κ2) is 8.58. The molecule has 0 heterocycles. The van der Waals surface area contributed by atoms with Crippen LogP contribution < -0.4 is 5.32 Å². The van der Waals surface area contributed by atoms with E-state index >= 15 is 0 Å². The Bertz CT molecular complexity index is 418. The Morgan fingerprint density at radius 2 is 1.90 bits per heavy atom. The van der Waals surface area contributed by atoms with E-state index in [1.165, 1.54) is 68.1 Å². The van der Waals surface area contributed by atoms with E-state index in [0.717, 1.165) is 12.5 Å². The van der Waals surface area contributed by atoms with E-state index in [2.05, 4.69) is 44.3 Å². The van der Waals surface area contributed by atoms with Crippen molar-refractivity contribution < 1.29 is 0 Å². The summed E-state index contributed by atoms with van der Waals surface area (Å²) in [6.45, 7) is 7.86. The molecule has 1 heteroatoms. The Hall–Kier alpha value is -0.820. The van der Waals surface area contributed by atoms with Crippen molar-refractivity contribution in [2.75, 3.05) is 6.54 Å². The van der Waals surface area contributed by atoms with Gasteiger partial charge in [-0.15, -0.1) is 0 Å². The molecule has 0 aliphatic heterocycles. The first kappa shape index (κ1) is 16.5. The largest absolute Gasteiger partial charge is 0.310 e. The SMILES string of the molecule is CCCNC(CCC1CCCCC1)c1cc(C)ccc1C. The summed E-state index contributed by atoms with van der Waals surface area (Å²) in [5.74, 6) is 0.981. The first-order valence-corrected chi connectivity index (χ1v) is 9.01. The van der Waals surface area contributed by atoms with E-state index in [1.807, 2.05) is 0 Å². The molecule has 1 aromatic carbocycles. The number of nitrogens with one attached hydrogen (secondary N) is 1. The summed E-state index contributed by atoms with van der Waals surface area (Å²) in [6, 6.07) is 7.46. The van der Waals surface area contributed by atoms with E-state index in [4.69, 9.17) is 0 Å². The Kier molecular flexibility index (Phi) is 6.76. The van der Waals surface area contributed by atoms with Gasteiger partial charge < -0.3 is 5.32 Å². The molecule has 118 valence electrons. The Morgan fingerprint density at radius 3 is 2.62 bits per heavy atom. The lowest BCUT2D eigenvalue weighted by Crippen LogP contribution is -2.24. The average Bonchev–Trinajstić information content (AvgIpc) is 2.51. The highest BCUT2D eigenvalue weighted by molar-refractivity contribution is 5.33. The van der Waals surface area contributed by atoms with Crippen molar-refractivity contribution in [1.82, 2.24) is 5.32 Å². The molecule has 1 aliphatic carbocycles. The maximum atomic E-state index is 3.79. The molecule has 0 aromatic heterocycles. The van der Waals surface area contributed by atoms with Crippen molar-refractivity contribution in [1.29, 1.82) is 0 Å². The van der Waals surface area contributed by atoms with Gasteiger partial charge in [-0.25, -0.2) is 0 Å². The fraction of sp³-hybridized carbons (Fsp3) is 0.700. The van der Waals surface area contributed by atoms with Crippen molar-refractivity contribution in [2.45, 2.75) is 78.2 Å². The zero-order valence-corrected chi connectivity index (χ0v) is 14.3. The topological polar surface area (TPSA) is 12.0 Å². The second-order valence-electron chi connectivity index (χ2n) is 6.95. The highest BCUT2D eigenvalue weighted by Gasteiger charge is 2.18. The molecule has 0 bridgehead atoms. The zero-order valence-electron chi connectivity index (χ0n) is 14.3. The smallest absolute Gasteiger partial charge is 0.0323 e. The zero-order chi connectivity index (χ0) is 15.1. The number of rotatable bonds is 7. The minimum absolute atomic E-state index is 0.548. The fourth-order valence-corrected chi connectivity index (χ4v) is 3.70. The van der Waals surface area contributed by atoms with E-state index in [1.54, 1.807) is 0 Å². The van der Waals surface area contributed by atoms with Crippen molar-refractivity contribution in [3.05, 3.63) is 34.9 Å². The van der Waals surface area contributed by atoms with E-state index in [0.29, 0.717) is 6.04 Å². The molecule has 1 fully saturated rings. The van der Waals surface area contributed by atoms with Gasteiger partial charge in [0, 0.05) is 6.04 Å². The Morgan fingerprint density at radius 1 is 1.14 bits per heavy atom. The molecule has 1 saturated carbocycles. The molecule has 0 saturated heterocycles. The molecule has 1 aliphatic rings. The van der Waals surface area contributed by atoms with Crippen molar-refractivity contribution in [3.63, 3.8) is 0 Å². The number of benzene rings is 1. The van der Waals surface area contributed by atoms with Gasteiger partial charge in [-0.1, -0.05) is 62.8 Å². The molecule has 2 rings (SSSR count). The van der Waals surface area contributed by atoms with Crippen LogP contribution in [0.15, 0.2) is 18.2 Å². The van der Waals surface area contributed by atoms with Crippen LogP contribution in [0, 0.1) is 19.8 Å². The minimum atomic E-state index is 0.548. The summed E-state index contributed by atoms with van der Waals surface area (Å²) in [4.78, 5) is 0. The maximum Gasteiger partial charge on any atom is 0.0323 e. The van der Waals surface area contributed by atoms with Crippen LogP contribution in [0.1, 0.15) is 81.0 Å². The van der Waals surface area contributed by atoms with Crippen molar-refractivity contribution in [2.24, 2.45) is 5.92 Å². The second-order valence-corrected chi connectivity index (χ2v) is 6.95. The van der Waals surface area contributed by atoms with Crippen LogP contribution in [-0.2, 0) is 0 Å². The van der Waals surface area contributed by atoms with E-state index < -0.39 is 0 Å². The van der Waals surface area contributed by atoms with E-state index in [-0.39, 0.29) is 0 Å². The van der Waals surface area contributed by atoms with Gasteiger partial charge in [-0.2, -0.15) is 0 Å².